The zero-order valence-electron chi connectivity index (χ0n) is 22.5. The number of nitrogens with zero attached hydrogens (tertiary/aromatic N) is 3. The van der Waals surface area contributed by atoms with Gasteiger partial charge in [0.2, 0.25) is 5.91 Å². The van der Waals surface area contributed by atoms with Crippen LogP contribution in [-0.4, -0.2) is 51.5 Å². The molecule has 0 aliphatic heterocycles. The Morgan fingerprint density at radius 2 is 1.97 bits per heavy atom. The number of ether oxygens (including phenoxy) is 2. The minimum Gasteiger partial charge on any atom is -0.497 e. The number of fused-ring (bicyclic) bond motifs is 1. The molecule has 208 valence electrons. The largest absolute Gasteiger partial charge is 0.497 e. The lowest BCUT2D eigenvalue weighted by atomic mass is 10.1. The summed E-state index contributed by atoms with van der Waals surface area (Å²) in [4.78, 5) is 39.7. The number of thiophene rings is 1. The molecule has 0 saturated heterocycles. The average molecular weight is 572 g/mol. The van der Waals surface area contributed by atoms with Gasteiger partial charge in [0.25, 0.3) is 5.91 Å². The first-order valence-electron chi connectivity index (χ1n) is 12.9. The molecular formula is C27H33N5O5S2. The van der Waals surface area contributed by atoms with Crippen LogP contribution in [0.3, 0.4) is 0 Å². The topological polar surface area (TPSA) is 124 Å². The molecule has 0 radical (unpaired) electrons. The third kappa shape index (κ3) is 6.80. The smallest absolute Gasteiger partial charge is 0.341 e. The number of methoxy groups -OCH3 is 1. The minimum atomic E-state index is -0.510. The van der Waals surface area contributed by atoms with Crippen molar-refractivity contribution < 1.29 is 23.9 Å². The van der Waals surface area contributed by atoms with Crippen LogP contribution >= 0.6 is 23.1 Å². The van der Waals surface area contributed by atoms with E-state index in [0.29, 0.717) is 32.9 Å². The van der Waals surface area contributed by atoms with E-state index >= 15 is 0 Å². The van der Waals surface area contributed by atoms with Gasteiger partial charge >= 0.3 is 5.97 Å². The predicted octanol–water partition coefficient (Wildman–Crippen LogP) is 4.38. The molecule has 3 aromatic rings. The molecule has 1 aromatic carbocycles. The number of carbonyl (C=O) groups excluding carboxylic acids is 3. The number of amides is 2. The summed E-state index contributed by atoms with van der Waals surface area (Å²) in [6.45, 7) is 4.00. The van der Waals surface area contributed by atoms with E-state index in [9.17, 15) is 14.4 Å². The second kappa shape index (κ2) is 13.1. The lowest BCUT2D eigenvalue weighted by Gasteiger charge is -2.12. The number of benzene rings is 1. The summed E-state index contributed by atoms with van der Waals surface area (Å²) in [5.74, 6) is 0.262. The molecular weight excluding hydrogens is 538 g/mol. The maximum atomic E-state index is 13.2. The lowest BCUT2D eigenvalue weighted by molar-refractivity contribution is -0.115. The molecule has 4 rings (SSSR count). The number of carbonyl (C=O) groups is 3. The number of aryl methyl sites for hydroxylation is 1. The first kappa shape index (κ1) is 28.6. The van der Waals surface area contributed by atoms with E-state index in [1.807, 2.05) is 0 Å². The van der Waals surface area contributed by atoms with E-state index in [0.717, 1.165) is 42.5 Å². The molecule has 12 heteroatoms. The number of nitrogens with one attached hydrogen (secondary N) is 2. The number of aromatic nitrogens is 3. The van der Waals surface area contributed by atoms with Crippen molar-refractivity contribution in [1.29, 1.82) is 0 Å². The Morgan fingerprint density at radius 3 is 2.74 bits per heavy atom. The van der Waals surface area contributed by atoms with Crippen LogP contribution in [0.15, 0.2) is 29.4 Å². The lowest BCUT2D eigenvalue weighted by Crippen LogP contribution is -2.25. The summed E-state index contributed by atoms with van der Waals surface area (Å²) < 4.78 is 12.2. The monoisotopic (exact) mass is 571 g/mol. The molecule has 2 N–H and O–H groups in total. The highest BCUT2D eigenvalue weighted by atomic mass is 32.2. The van der Waals surface area contributed by atoms with Crippen LogP contribution in [0.4, 0.5) is 5.00 Å². The van der Waals surface area contributed by atoms with Crippen molar-refractivity contribution in [3.05, 3.63) is 51.7 Å². The fourth-order valence-corrected chi connectivity index (χ4v) is 6.42. The Balaban J connectivity index is 1.40. The minimum absolute atomic E-state index is 0.171. The van der Waals surface area contributed by atoms with Gasteiger partial charge in [-0.1, -0.05) is 24.2 Å². The fourth-order valence-electron chi connectivity index (χ4n) is 4.30. The summed E-state index contributed by atoms with van der Waals surface area (Å²) in [5, 5.41) is 14.8. The van der Waals surface area contributed by atoms with E-state index in [-0.39, 0.29) is 30.9 Å². The van der Waals surface area contributed by atoms with Gasteiger partial charge in [0.05, 0.1) is 31.1 Å². The molecule has 1 aliphatic carbocycles. The Kier molecular flexibility index (Phi) is 9.63. The van der Waals surface area contributed by atoms with Crippen LogP contribution in [0.25, 0.3) is 0 Å². The van der Waals surface area contributed by atoms with Crippen LogP contribution in [-0.2, 0) is 36.0 Å². The molecule has 0 unspecified atom stereocenters. The van der Waals surface area contributed by atoms with Crippen LogP contribution in [0.2, 0.25) is 0 Å². The number of anilines is 1. The maximum absolute atomic E-state index is 13.2. The van der Waals surface area contributed by atoms with Gasteiger partial charge in [0.15, 0.2) is 11.0 Å². The van der Waals surface area contributed by atoms with E-state index in [1.54, 1.807) is 56.8 Å². The number of rotatable bonds is 10. The van der Waals surface area contributed by atoms with E-state index < -0.39 is 5.25 Å². The van der Waals surface area contributed by atoms with Crippen LogP contribution in [0.1, 0.15) is 70.1 Å². The third-order valence-corrected chi connectivity index (χ3v) is 8.79. The van der Waals surface area contributed by atoms with Gasteiger partial charge in [-0.15, -0.1) is 21.5 Å². The standard InChI is InChI=1S/C27H33N5O5S2/c1-5-37-26(35)22-19-12-7-6-8-13-20(19)39-25(22)29-23(33)16(2)38-27-31-30-21(32(27)3)15-28-24(34)17-10-9-11-18(14-17)36-4/h9-11,14,16H,5-8,12-13,15H2,1-4H3,(H,28,34)(H,29,33)/t16-/m1/s1. The van der Waals surface area contributed by atoms with Gasteiger partial charge in [-0.25, -0.2) is 4.79 Å². The van der Waals surface area contributed by atoms with Gasteiger partial charge in [-0.2, -0.15) is 0 Å². The van der Waals surface area contributed by atoms with Crippen LogP contribution < -0.4 is 15.4 Å². The second-order valence-corrected chi connectivity index (χ2v) is 11.5. The van der Waals surface area contributed by atoms with Crippen molar-refractivity contribution in [3.63, 3.8) is 0 Å². The first-order valence-corrected chi connectivity index (χ1v) is 14.6. The van der Waals surface area contributed by atoms with Crippen molar-refractivity contribution in [1.82, 2.24) is 20.1 Å². The molecule has 10 nitrogen and oxygen atoms in total. The Bertz CT molecular complexity index is 1350. The Labute approximate surface area is 235 Å². The molecule has 2 heterocycles. The van der Waals surface area contributed by atoms with Crippen molar-refractivity contribution >= 4 is 45.9 Å². The predicted molar refractivity (Wildman–Crippen MR) is 151 cm³/mol. The van der Waals surface area contributed by atoms with Gasteiger partial charge in [0.1, 0.15) is 10.8 Å². The second-order valence-electron chi connectivity index (χ2n) is 9.11. The summed E-state index contributed by atoms with van der Waals surface area (Å²) in [5.41, 5.74) is 1.99. The third-order valence-electron chi connectivity index (χ3n) is 6.45. The summed E-state index contributed by atoms with van der Waals surface area (Å²) in [7, 11) is 3.33. The fraction of sp³-hybridized carbons (Fsp3) is 0.444. The summed E-state index contributed by atoms with van der Waals surface area (Å²) in [6.07, 6.45) is 4.94. The first-order chi connectivity index (χ1) is 18.8. The van der Waals surface area contributed by atoms with Gasteiger partial charge in [0, 0.05) is 17.5 Å². The van der Waals surface area contributed by atoms with Gasteiger partial charge in [-0.3, -0.25) is 9.59 Å². The van der Waals surface area contributed by atoms with E-state index in [4.69, 9.17) is 9.47 Å². The Morgan fingerprint density at radius 1 is 1.18 bits per heavy atom. The molecule has 0 spiro atoms. The van der Waals surface area contributed by atoms with Gasteiger partial charge < -0.3 is 24.7 Å². The number of esters is 1. The molecule has 1 atom stereocenters. The molecule has 2 aromatic heterocycles. The average Bonchev–Trinajstić information content (AvgIpc) is 3.36. The summed E-state index contributed by atoms with van der Waals surface area (Å²) >= 11 is 2.73. The summed E-state index contributed by atoms with van der Waals surface area (Å²) in [6, 6.07) is 6.88. The molecule has 0 saturated carbocycles. The Hall–Kier alpha value is -3.38. The van der Waals surface area contributed by atoms with E-state index in [2.05, 4.69) is 20.8 Å². The van der Waals surface area contributed by atoms with Gasteiger partial charge in [-0.05, 0) is 63.3 Å². The highest BCUT2D eigenvalue weighted by Gasteiger charge is 2.28. The highest BCUT2D eigenvalue weighted by Crippen LogP contribution is 2.38. The molecule has 39 heavy (non-hydrogen) atoms. The number of hydrogen-bond donors (Lipinski definition) is 2. The molecule has 0 bridgehead atoms. The van der Waals surface area contributed by atoms with Crippen molar-refractivity contribution in [3.8, 4) is 5.75 Å². The highest BCUT2D eigenvalue weighted by molar-refractivity contribution is 8.00. The van der Waals surface area contributed by atoms with Crippen molar-refractivity contribution in [2.75, 3.05) is 19.0 Å². The molecule has 2 amide bonds. The zero-order chi connectivity index (χ0) is 27.9. The quantitative estimate of drug-likeness (QED) is 0.209. The number of hydrogen-bond acceptors (Lipinski definition) is 9. The maximum Gasteiger partial charge on any atom is 0.341 e. The molecule has 0 fully saturated rings. The number of thioether (sulfide) groups is 1. The normalized spacial score (nSPS) is 13.6. The van der Waals surface area contributed by atoms with Crippen molar-refractivity contribution in [2.24, 2.45) is 7.05 Å². The van der Waals surface area contributed by atoms with Crippen LogP contribution in [0.5, 0.6) is 5.75 Å². The van der Waals surface area contributed by atoms with E-state index in [1.165, 1.54) is 23.1 Å². The SMILES string of the molecule is CCOC(=O)c1c(NC(=O)[C@@H](C)Sc2nnc(CNC(=O)c3cccc(OC)c3)n2C)sc2c1CCCCC2. The zero-order valence-corrected chi connectivity index (χ0v) is 24.2. The molecule has 1 aliphatic rings. The van der Waals surface area contributed by atoms with Crippen molar-refractivity contribution in [2.45, 2.75) is 62.9 Å². The van der Waals surface area contributed by atoms with Crippen LogP contribution in [0, 0.1) is 0 Å².